The molecule has 0 saturated heterocycles. The minimum absolute atomic E-state index is 0.0493. The molecule has 0 unspecified atom stereocenters. The highest BCUT2D eigenvalue weighted by atomic mass is 16.6. The van der Waals surface area contributed by atoms with Crippen LogP contribution in [0, 0.1) is 11.8 Å². The summed E-state index contributed by atoms with van der Waals surface area (Å²) in [6.07, 6.45) is 1.46. The van der Waals surface area contributed by atoms with Gasteiger partial charge in [-0.2, -0.15) is 0 Å². The molecule has 0 fully saturated rings. The van der Waals surface area contributed by atoms with Gasteiger partial charge in [-0.1, -0.05) is 18.6 Å². The Morgan fingerprint density at radius 1 is 1.39 bits per heavy atom. The van der Waals surface area contributed by atoms with Crippen molar-refractivity contribution in [3.63, 3.8) is 0 Å². The second-order valence-corrected chi connectivity index (χ2v) is 4.38. The number of nitrogens with one attached hydrogen (secondary N) is 1. The maximum absolute atomic E-state index is 11.3. The number of ether oxygens (including phenoxy) is 2. The molecule has 0 atom stereocenters. The predicted octanol–water partition coefficient (Wildman–Crippen LogP) is 0.650. The molecule has 1 N–H and O–H groups in total. The summed E-state index contributed by atoms with van der Waals surface area (Å²) >= 11 is 0. The zero-order valence-electron chi connectivity index (χ0n) is 11.0. The molecule has 0 radical (unpaired) electrons. The van der Waals surface area contributed by atoms with Crippen molar-refractivity contribution in [1.82, 2.24) is 5.32 Å². The molecule has 18 heavy (non-hydrogen) atoms. The molecule has 0 saturated carbocycles. The lowest BCUT2D eigenvalue weighted by molar-refractivity contribution is -0.153. The van der Waals surface area contributed by atoms with Gasteiger partial charge < -0.3 is 9.47 Å². The number of rotatable bonds is 5. The fraction of sp³-hybridized carbons (Fsp3) is 0.538. The van der Waals surface area contributed by atoms with Crippen molar-refractivity contribution in [1.29, 1.82) is 0 Å². The molecule has 0 bridgehead atoms. The first-order chi connectivity index (χ1) is 8.35. The molecule has 0 aromatic carbocycles. The summed E-state index contributed by atoms with van der Waals surface area (Å²) in [6.45, 7) is 9.18. The average Bonchev–Trinajstić information content (AvgIpc) is 2.23. The lowest BCUT2D eigenvalue weighted by Gasteiger charge is -2.19. The van der Waals surface area contributed by atoms with Gasteiger partial charge in [0, 0.05) is 5.92 Å². The lowest BCUT2D eigenvalue weighted by atomic mass is 10.2. The Kier molecular flexibility index (Phi) is 7.48. The summed E-state index contributed by atoms with van der Waals surface area (Å²) in [7, 11) is 0. The first-order valence-electron chi connectivity index (χ1n) is 5.54. The largest absolute Gasteiger partial charge is 0.459 e. The first kappa shape index (κ1) is 16.2. The first-order valence-corrected chi connectivity index (χ1v) is 5.54. The minimum atomic E-state index is -0.617. The fourth-order valence-corrected chi connectivity index (χ4v) is 0.892. The third-order valence-corrected chi connectivity index (χ3v) is 1.43. The van der Waals surface area contributed by atoms with Crippen LogP contribution in [0.5, 0.6) is 0 Å². The monoisotopic (exact) mass is 253 g/mol. The number of carbonyl (C=O) groups is 2. The van der Waals surface area contributed by atoms with E-state index in [4.69, 9.17) is 4.74 Å². The van der Waals surface area contributed by atoms with Gasteiger partial charge in [-0.3, -0.25) is 10.1 Å². The van der Waals surface area contributed by atoms with Gasteiger partial charge in [0.2, 0.25) is 0 Å². The van der Waals surface area contributed by atoms with E-state index in [2.05, 4.69) is 28.5 Å². The van der Waals surface area contributed by atoms with E-state index in [1.54, 1.807) is 20.8 Å². The van der Waals surface area contributed by atoms with Crippen LogP contribution < -0.4 is 5.32 Å². The van der Waals surface area contributed by atoms with Gasteiger partial charge >= 0.3 is 11.9 Å². The van der Waals surface area contributed by atoms with Gasteiger partial charge in [-0.25, -0.2) is 4.79 Å². The van der Waals surface area contributed by atoms with Crippen molar-refractivity contribution in [3.8, 4) is 11.8 Å². The maximum Gasteiger partial charge on any atom is 0.384 e. The molecule has 5 nitrogen and oxygen atoms in total. The Morgan fingerprint density at radius 2 is 2.06 bits per heavy atom. The van der Waals surface area contributed by atoms with Crippen LogP contribution in [0.15, 0.2) is 12.7 Å². The second-order valence-electron chi connectivity index (χ2n) is 4.38. The Bertz CT molecular complexity index is 357. The van der Waals surface area contributed by atoms with E-state index < -0.39 is 11.6 Å². The summed E-state index contributed by atoms with van der Waals surface area (Å²) in [5.74, 6) is 3.82. The van der Waals surface area contributed by atoms with Crippen LogP contribution in [0.4, 0.5) is 0 Å². The minimum Gasteiger partial charge on any atom is -0.459 e. The molecule has 0 aromatic heterocycles. The van der Waals surface area contributed by atoms with Gasteiger partial charge in [-0.15, -0.1) is 0 Å². The van der Waals surface area contributed by atoms with Crippen molar-refractivity contribution in [2.24, 2.45) is 0 Å². The number of carbonyl (C=O) groups excluding carboxylic acids is 2. The summed E-state index contributed by atoms with van der Waals surface area (Å²) in [5, 5.41) is 2.74. The Hall–Kier alpha value is -1.80. The third-order valence-electron chi connectivity index (χ3n) is 1.43. The molecular formula is C13H19NO4. The van der Waals surface area contributed by atoms with Gasteiger partial charge in [0.25, 0.3) is 0 Å². The van der Waals surface area contributed by atoms with Gasteiger partial charge in [0.05, 0.1) is 13.1 Å². The van der Waals surface area contributed by atoms with Crippen molar-refractivity contribution >= 4 is 11.9 Å². The van der Waals surface area contributed by atoms with Crippen LogP contribution in [-0.4, -0.2) is 37.2 Å². The smallest absolute Gasteiger partial charge is 0.384 e. The Balaban J connectivity index is 3.74. The number of hydrogen-bond donors (Lipinski definition) is 1. The number of hydrogen-bond acceptors (Lipinski definition) is 5. The number of esters is 2. The summed E-state index contributed by atoms with van der Waals surface area (Å²) in [4.78, 5) is 22.2. The molecule has 0 aliphatic carbocycles. The van der Waals surface area contributed by atoms with E-state index in [1.165, 1.54) is 6.08 Å². The predicted molar refractivity (Wildman–Crippen MR) is 67.6 cm³/mol. The average molecular weight is 253 g/mol. The Labute approximate surface area is 108 Å². The van der Waals surface area contributed by atoms with E-state index >= 15 is 0 Å². The van der Waals surface area contributed by atoms with Crippen molar-refractivity contribution in [2.45, 2.75) is 26.4 Å². The second kappa shape index (κ2) is 8.31. The molecule has 0 spiro atoms. The molecule has 0 aromatic rings. The zero-order valence-corrected chi connectivity index (χ0v) is 11.0. The molecule has 100 valence electrons. The molecule has 0 aliphatic rings. The third kappa shape index (κ3) is 10.7. The summed E-state index contributed by atoms with van der Waals surface area (Å²) in [6, 6.07) is 0. The Morgan fingerprint density at radius 3 is 2.61 bits per heavy atom. The maximum atomic E-state index is 11.3. The van der Waals surface area contributed by atoms with E-state index in [9.17, 15) is 9.59 Å². The molecule has 0 rings (SSSR count). The van der Waals surface area contributed by atoms with E-state index in [1.807, 2.05) is 0 Å². The van der Waals surface area contributed by atoms with Gasteiger partial charge in [0.15, 0.2) is 0 Å². The van der Waals surface area contributed by atoms with Crippen molar-refractivity contribution in [3.05, 3.63) is 12.7 Å². The summed E-state index contributed by atoms with van der Waals surface area (Å²) < 4.78 is 9.70. The molecule has 0 heterocycles. The standard InChI is InChI=1S/C13H19NO4/c1-5-9-17-11(15)7-6-8-14-10-12(16)18-13(2,3)4/h5,14H,1,8-10H2,2-4H3. The van der Waals surface area contributed by atoms with Crippen LogP contribution in [0.2, 0.25) is 0 Å². The highest BCUT2D eigenvalue weighted by Crippen LogP contribution is 2.05. The molecule has 0 amide bonds. The highest BCUT2D eigenvalue weighted by Gasteiger charge is 2.15. The van der Waals surface area contributed by atoms with Gasteiger partial charge in [0.1, 0.15) is 12.2 Å². The zero-order chi connectivity index (χ0) is 14.0. The SMILES string of the molecule is C=CCOC(=O)C#CCNCC(=O)OC(C)(C)C. The van der Waals surface area contributed by atoms with Crippen LogP contribution >= 0.6 is 0 Å². The topological polar surface area (TPSA) is 64.6 Å². The van der Waals surface area contributed by atoms with E-state index in [-0.39, 0.29) is 25.7 Å². The van der Waals surface area contributed by atoms with Gasteiger partial charge in [-0.05, 0) is 20.8 Å². The fourth-order valence-electron chi connectivity index (χ4n) is 0.892. The lowest BCUT2D eigenvalue weighted by Crippen LogP contribution is -2.31. The van der Waals surface area contributed by atoms with Crippen molar-refractivity contribution in [2.75, 3.05) is 19.7 Å². The molecule has 0 aliphatic heterocycles. The van der Waals surface area contributed by atoms with E-state index in [0.717, 1.165) is 0 Å². The quantitative estimate of drug-likeness (QED) is 0.256. The molecule has 5 heteroatoms. The molecular weight excluding hydrogens is 234 g/mol. The van der Waals surface area contributed by atoms with Crippen LogP contribution in [0.3, 0.4) is 0 Å². The van der Waals surface area contributed by atoms with Crippen molar-refractivity contribution < 1.29 is 19.1 Å². The highest BCUT2D eigenvalue weighted by molar-refractivity contribution is 5.88. The van der Waals surface area contributed by atoms with Crippen LogP contribution in [0.1, 0.15) is 20.8 Å². The normalized spacial score (nSPS) is 9.94. The summed E-state index contributed by atoms with van der Waals surface area (Å²) in [5.41, 5.74) is -0.501. The van der Waals surface area contributed by atoms with Crippen LogP contribution in [-0.2, 0) is 19.1 Å². The van der Waals surface area contributed by atoms with Crippen LogP contribution in [0.25, 0.3) is 0 Å². The van der Waals surface area contributed by atoms with E-state index in [0.29, 0.717) is 0 Å².